The molecule has 12 nitrogen and oxygen atoms in total. The molecule has 0 aliphatic carbocycles. The molecule has 5 N–H and O–H groups in total. The van der Waals surface area contributed by atoms with Crippen LogP contribution in [0, 0.1) is 11.7 Å². The van der Waals surface area contributed by atoms with Gasteiger partial charge in [0.25, 0.3) is 5.56 Å². The van der Waals surface area contributed by atoms with E-state index < -0.39 is 47.6 Å². The van der Waals surface area contributed by atoms with Crippen LogP contribution in [0.25, 0.3) is 0 Å². The highest BCUT2D eigenvalue weighted by Crippen LogP contribution is 2.09. The van der Waals surface area contributed by atoms with Crippen LogP contribution in [0.3, 0.4) is 0 Å². The first-order chi connectivity index (χ1) is 16.7. The molecule has 1 heterocycles. The van der Waals surface area contributed by atoms with Gasteiger partial charge in [-0.15, -0.1) is 0 Å². The summed E-state index contributed by atoms with van der Waals surface area (Å²) in [4.78, 5) is 71.2. The number of amides is 2. The molecular formula is C22H34FN5O7. The van der Waals surface area contributed by atoms with Gasteiger partial charge in [-0.2, -0.15) is 4.39 Å². The van der Waals surface area contributed by atoms with Crippen LogP contribution in [0.5, 0.6) is 0 Å². The second-order valence-corrected chi connectivity index (χ2v) is 8.12. The number of carbonyl (C=O) groups excluding carboxylic acids is 4. The van der Waals surface area contributed by atoms with Crippen molar-refractivity contribution in [2.45, 2.75) is 71.1 Å². The van der Waals surface area contributed by atoms with Gasteiger partial charge in [0.05, 0.1) is 18.7 Å². The highest BCUT2D eigenvalue weighted by molar-refractivity contribution is 5.87. The molecule has 2 atom stereocenters. The van der Waals surface area contributed by atoms with E-state index in [9.17, 15) is 33.2 Å². The van der Waals surface area contributed by atoms with Crippen LogP contribution in [0.4, 0.5) is 4.39 Å². The fourth-order valence-corrected chi connectivity index (χ4v) is 3.16. The summed E-state index contributed by atoms with van der Waals surface area (Å²) in [6.07, 6.45) is 6.06. The number of esters is 1. The Hall–Kier alpha value is -3.35. The van der Waals surface area contributed by atoms with E-state index in [0.717, 1.165) is 32.0 Å². The first kappa shape index (κ1) is 29.7. The minimum atomic E-state index is -1.20. The predicted molar refractivity (Wildman–Crippen MR) is 124 cm³/mol. The number of carbonyl (C=O) groups is 4. The first-order valence-electron chi connectivity index (χ1n) is 11.6. The summed E-state index contributed by atoms with van der Waals surface area (Å²) in [7, 11) is 0. The Kier molecular flexibility index (Phi) is 13.8. The van der Waals surface area contributed by atoms with E-state index in [1.807, 2.05) is 0 Å². The molecule has 0 aliphatic rings. The summed E-state index contributed by atoms with van der Waals surface area (Å²) >= 11 is 0. The van der Waals surface area contributed by atoms with E-state index in [0.29, 0.717) is 17.2 Å². The number of aldehydes is 1. The molecule has 0 saturated carbocycles. The minimum absolute atomic E-state index is 0.0895. The van der Waals surface area contributed by atoms with Gasteiger partial charge >= 0.3 is 11.7 Å². The van der Waals surface area contributed by atoms with Crippen molar-refractivity contribution in [3.05, 3.63) is 32.9 Å². The molecular weight excluding hydrogens is 465 g/mol. The van der Waals surface area contributed by atoms with Crippen molar-refractivity contribution in [3.8, 4) is 0 Å². The van der Waals surface area contributed by atoms with Crippen molar-refractivity contribution in [1.82, 2.24) is 20.2 Å². The molecule has 1 rings (SSSR count). The Morgan fingerprint density at radius 2 is 1.97 bits per heavy atom. The van der Waals surface area contributed by atoms with Gasteiger partial charge in [0, 0.05) is 25.4 Å². The maximum atomic E-state index is 13.2. The Labute approximate surface area is 201 Å². The second-order valence-electron chi connectivity index (χ2n) is 8.12. The van der Waals surface area contributed by atoms with Crippen molar-refractivity contribution < 1.29 is 28.3 Å². The maximum Gasteiger partial charge on any atom is 0.331 e. The largest absolute Gasteiger partial charge is 0.444 e. The molecule has 35 heavy (non-hydrogen) atoms. The number of ether oxygens (including phenoxy) is 1. The van der Waals surface area contributed by atoms with Crippen molar-refractivity contribution in [1.29, 1.82) is 0 Å². The number of aromatic amines is 1. The van der Waals surface area contributed by atoms with Gasteiger partial charge < -0.3 is 25.9 Å². The number of nitrogens with one attached hydrogen (secondary N) is 3. The van der Waals surface area contributed by atoms with E-state index in [2.05, 4.69) is 17.6 Å². The third-order valence-electron chi connectivity index (χ3n) is 5.16. The zero-order chi connectivity index (χ0) is 26.2. The highest BCUT2D eigenvalue weighted by atomic mass is 19.1. The van der Waals surface area contributed by atoms with Gasteiger partial charge in [-0.25, -0.2) is 4.79 Å². The molecule has 1 aromatic rings. The summed E-state index contributed by atoms with van der Waals surface area (Å²) in [6, 6.07) is -0.917. The van der Waals surface area contributed by atoms with Gasteiger partial charge in [-0.3, -0.25) is 28.7 Å². The highest BCUT2D eigenvalue weighted by Gasteiger charge is 2.21. The standard InChI is InChI=1S/C22H34FN5O7/c1-2-3-4-5-7-15(13-29)11-26-17(10-18(24)30)21(33)25-9-6-8-19(31)35-14-28-12-16(23)20(32)27-22(28)34/h12-13,15,17,26H,2-11,14H2,1H3,(H2,24,30)(H,25,33)(H,27,32,34)/t15?,17-/m1/s1. The second kappa shape index (κ2) is 16.3. The van der Waals surface area contributed by atoms with Crippen LogP contribution < -0.4 is 27.6 Å². The maximum absolute atomic E-state index is 13.2. The summed E-state index contributed by atoms with van der Waals surface area (Å²) in [5, 5.41) is 5.51. The molecule has 1 aromatic heterocycles. The number of rotatable bonds is 18. The average molecular weight is 500 g/mol. The van der Waals surface area contributed by atoms with Crippen LogP contribution in [-0.2, 0) is 30.6 Å². The summed E-state index contributed by atoms with van der Waals surface area (Å²) in [6.45, 7) is 1.83. The van der Waals surface area contributed by atoms with Gasteiger partial charge in [0.2, 0.25) is 17.6 Å². The number of hydrogen-bond acceptors (Lipinski definition) is 8. The molecule has 0 aliphatic heterocycles. The van der Waals surface area contributed by atoms with Crippen LogP contribution in [0.1, 0.15) is 58.3 Å². The Morgan fingerprint density at radius 3 is 2.63 bits per heavy atom. The van der Waals surface area contributed by atoms with E-state index in [1.54, 1.807) is 4.98 Å². The Morgan fingerprint density at radius 1 is 1.23 bits per heavy atom. The topological polar surface area (TPSA) is 182 Å². The average Bonchev–Trinajstić information content (AvgIpc) is 2.81. The third kappa shape index (κ3) is 12.1. The Bertz CT molecular complexity index is 962. The van der Waals surface area contributed by atoms with E-state index in [-0.39, 0.29) is 38.3 Å². The van der Waals surface area contributed by atoms with Crippen LogP contribution in [0.15, 0.2) is 15.8 Å². The lowest BCUT2D eigenvalue weighted by Crippen LogP contribution is -2.48. The molecule has 1 unspecified atom stereocenters. The summed E-state index contributed by atoms with van der Waals surface area (Å²) in [5.74, 6) is -3.36. The number of hydrogen-bond donors (Lipinski definition) is 4. The van der Waals surface area contributed by atoms with Crippen molar-refractivity contribution in [2.75, 3.05) is 13.1 Å². The van der Waals surface area contributed by atoms with E-state index in [4.69, 9.17) is 10.5 Å². The van der Waals surface area contributed by atoms with Gasteiger partial charge in [0.15, 0.2) is 6.73 Å². The van der Waals surface area contributed by atoms with Gasteiger partial charge in [-0.1, -0.05) is 32.6 Å². The smallest absolute Gasteiger partial charge is 0.331 e. The lowest BCUT2D eigenvalue weighted by atomic mass is 10.0. The predicted octanol–water partition coefficient (Wildman–Crippen LogP) is -0.308. The number of nitrogens with zero attached hydrogens (tertiary/aromatic N) is 1. The van der Waals surface area contributed by atoms with Crippen LogP contribution in [-0.4, -0.2) is 52.8 Å². The van der Waals surface area contributed by atoms with Crippen molar-refractivity contribution >= 4 is 24.1 Å². The SMILES string of the molecule is CCCCCCC(C=O)CN[C@H](CC(N)=O)C(=O)NCCCC(=O)OCn1cc(F)c(=O)[nH]c1=O. The number of primary amides is 1. The van der Waals surface area contributed by atoms with Gasteiger partial charge in [0.1, 0.15) is 6.29 Å². The first-order valence-corrected chi connectivity index (χ1v) is 11.6. The quantitative estimate of drug-likeness (QED) is 0.120. The van der Waals surface area contributed by atoms with Gasteiger partial charge in [-0.05, 0) is 12.8 Å². The molecule has 0 aromatic carbocycles. The zero-order valence-electron chi connectivity index (χ0n) is 19.8. The van der Waals surface area contributed by atoms with Crippen molar-refractivity contribution in [3.63, 3.8) is 0 Å². The number of nitrogens with two attached hydrogens (primary N) is 1. The molecule has 196 valence electrons. The molecule has 13 heteroatoms. The lowest BCUT2D eigenvalue weighted by molar-refractivity contribution is -0.147. The van der Waals surface area contributed by atoms with E-state index >= 15 is 0 Å². The molecule has 0 bridgehead atoms. The molecule has 0 radical (unpaired) electrons. The third-order valence-corrected chi connectivity index (χ3v) is 5.16. The summed E-state index contributed by atoms with van der Waals surface area (Å²) < 4.78 is 18.8. The van der Waals surface area contributed by atoms with Crippen LogP contribution >= 0.6 is 0 Å². The van der Waals surface area contributed by atoms with Crippen LogP contribution in [0.2, 0.25) is 0 Å². The zero-order valence-corrected chi connectivity index (χ0v) is 19.8. The van der Waals surface area contributed by atoms with Crippen molar-refractivity contribution in [2.24, 2.45) is 11.7 Å². The Balaban J connectivity index is 2.42. The molecule has 0 fully saturated rings. The fourth-order valence-electron chi connectivity index (χ4n) is 3.16. The number of halogens is 1. The monoisotopic (exact) mass is 499 g/mol. The number of unbranched alkanes of at least 4 members (excludes halogenated alkanes) is 3. The number of H-pyrrole nitrogens is 1. The summed E-state index contributed by atoms with van der Waals surface area (Å²) in [5.41, 5.74) is 3.13. The molecule has 2 amide bonds. The molecule has 0 spiro atoms. The minimum Gasteiger partial charge on any atom is -0.444 e. The number of aromatic nitrogens is 2. The lowest BCUT2D eigenvalue weighted by Gasteiger charge is -2.19. The van der Waals surface area contributed by atoms with E-state index in [1.165, 1.54) is 0 Å². The fraction of sp³-hybridized carbons (Fsp3) is 0.636. The molecule has 0 saturated heterocycles. The normalized spacial score (nSPS) is 12.5.